The molecule has 0 saturated heterocycles. The maximum Gasteiger partial charge on any atom is 0.188 e. The number of nitrogens with zero attached hydrogens (tertiary/aromatic N) is 2. The van der Waals surface area contributed by atoms with Crippen molar-refractivity contribution in [1.29, 1.82) is 0 Å². The van der Waals surface area contributed by atoms with E-state index in [9.17, 15) is 0 Å². The molecule has 4 heteroatoms. The van der Waals surface area contributed by atoms with Gasteiger partial charge in [-0.2, -0.15) is 0 Å². The second-order valence-electron chi connectivity index (χ2n) is 5.06. The minimum atomic E-state index is 0.837. The minimum absolute atomic E-state index is 0.837. The molecule has 0 aliphatic carbocycles. The lowest BCUT2D eigenvalue weighted by molar-refractivity contribution is 0.415. The fourth-order valence-corrected chi connectivity index (χ4v) is 3.22. The van der Waals surface area contributed by atoms with E-state index in [2.05, 4.69) is 34.2 Å². The van der Waals surface area contributed by atoms with Gasteiger partial charge in [-0.1, -0.05) is 42.1 Å². The van der Waals surface area contributed by atoms with Crippen LogP contribution in [-0.2, 0) is 6.42 Å². The largest absolute Gasteiger partial charge is 0.497 e. The van der Waals surface area contributed by atoms with E-state index in [1.54, 1.807) is 18.9 Å². The van der Waals surface area contributed by atoms with Gasteiger partial charge in [0.25, 0.3) is 0 Å². The van der Waals surface area contributed by atoms with Crippen LogP contribution in [0.2, 0.25) is 0 Å². The number of thioether (sulfide) groups is 1. The van der Waals surface area contributed by atoms with Gasteiger partial charge in [0.2, 0.25) is 0 Å². The third kappa shape index (κ3) is 3.39. The van der Waals surface area contributed by atoms with Gasteiger partial charge in [0.15, 0.2) is 5.16 Å². The monoisotopic (exact) mass is 310 g/mol. The van der Waals surface area contributed by atoms with Crippen LogP contribution in [0.3, 0.4) is 0 Å². The number of hydrogen-bond donors (Lipinski definition) is 0. The van der Waals surface area contributed by atoms with E-state index >= 15 is 0 Å². The molecule has 0 aliphatic heterocycles. The molecule has 112 valence electrons. The predicted molar refractivity (Wildman–Crippen MR) is 91.7 cm³/mol. The number of rotatable bonds is 5. The molecule has 0 bridgehead atoms. The standard InChI is InChI=1S/C18H18N2OS/c1-13-16-12-15(21-2)8-9-17(16)20-18(19-13)22-11-10-14-6-4-3-5-7-14/h3-9,12H,10-11H2,1-2H3. The van der Waals surface area contributed by atoms with Gasteiger partial charge in [-0.05, 0) is 37.1 Å². The second-order valence-corrected chi connectivity index (χ2v) is 6.12. The van der Waals surface area contributed by atoms with Crippen LogP contribution in [0, 0.1) is 6.92 Å². The highest BCUT2D eigenvalue weighted by Crippen LogP contribution is 2.24. The Labute approximate surface area is 134 Å². The molecular formula is C18H18N2OS. The zero-order valence-corrected chi connectivity index (χ0v) is 13.6. The van der Waals surface area contributed by atoms with Gasteiger partial charge in [0.05, 0.1) is 12.6 Å². The van der Waals surface area contributed by atoms with Crippen molar-refractivity contribution in [2.45, 2.75) is 18.5 Å². The Morgan fingerprint density at radius 3 is 2.64 bits per heavy atom. The van der Waals surface area contributed by atoms with Gasteiger partial charge >= 0.3 is 0 Å². The summed E-state index contributed by atoms with van der Waals surface area (Å²) < 4.78 is 5.26. The molecule has 3 rings (SSSR count). The molecule has 2 aromatic carbocycles. The van der Waals surface area contributed by atoms with E-state index in [0.717, 1.165) is 39.7 Å². The van der Waals surface area contributed by atoms with Crippen molar-refractivity contribution in [2.24, 2.45) is 0 Å². The van der Waals surface area contributed by atoms with Gasteiger partial charge in [-0.3, -0.25) is 0 Å². The van der Waals surface area contributed by atoms with Crippen molar-refractivity contribution in [1.82, 2.24) is 9.97 Å². The summed E-state index contributed by atoms with van der Waals surface area (Å²) in [5.41, 5.74) is 3.30. The molecule has 1 aromatic heterocycles. The molecule has 0 N–H and O–H groups in total. The zero-order valence-electron chi connectivity index (χ0n) is 12.7. The van der Waals surface area contributed by atoms with Crippen LogP contribution >= 0.6 is 11.8 Å². The fourth-order valence-electron chi connectivity index (χ4n) is 2.33. The summed E-state index contributed by atoms with van der Waals surface area (Å²) >= 11 is 1.70. The lowest BCUT2D eigenvalue weighted by atomic mass is 10.2. The Morgan fingerprint density at radius 2 is 1.86 bits per heavy atom. The van der Waals surface area contributed by atoms with Crippen LogP contribution in [0.5, 0.6) is 5.75 Å². The van der Waals surface area contributed by atoms with Crippen molar-refractivity contribution < 1.29 is 4.74 Å². The van der Waals surface area contributed by atoms with Crippen LogP contribution in [0.25, 0.3) is 10.9 Å². The van der Waals surface area contributed by atoms with E-state index in [1.165, 1.54) is 5.56 Å². The Bertz CT molecular complexity index is 775. The molecule has 22 heavy (non-hydrogen) atoms. The number of hydrogen-bond acceptors (Lipinski definition) is 4. The average Bonchev–Trinajstić information content (AvgIpc) is 2.56. The summed E-state index contributed by atoms with van der Waals surface area (Å²) in [7, 11) is 1.67. The molecule has 0 radical (unpaired) electrons. The van der Waals surface area contributed by atoms with E-state index in [-0.39, 0.29) is 0 Å². The molecule has 1 heterocycles. The van der Waals surface area contributed by atoms with Crippen LogP contribution in [0.1, 0.15) is 11.3 Å². The second kappa shape index (κ2) is 6.79. The maximum atomic E-state index is 5.26. The molecule has 0 fully saturated rings. The van der Waals surface area contributed by atoms with E-state index in [1.807, 2.05) is 31.2 Å². The van der Waals surface area contributed by atoms with Crippen molar-refractivity contribution in [3.8, 4) is 5.75 Å². The van der Waals surface area contributed by atoms with Crippen LogP contribution in [-0.4, -0.2) is 22.8 Å². The molecule has 0 unspecified atom stereocenters. The van der Waals surface area contributed by atoms with Crippen molar-refractivity contribution in [3.05, 3.63) is 59.8 Å². The molecular weight excluding hydrogens is 292 g/mol. The maximum absolute atomic E-state index is 5.26. The number of benzene rings is 2. The number of ether oxygens (including phenoxy) is 1. The van der Waals surface area contributed by atoms with E-state index < -0.39 is 0 Å². The highest BCUT2D eigenvalue weighted by Gasteiger charge is 2.06. The van der Waals surface area contributed by atoms with E-state index in [4.69, 9.17) is 4.74 Å². The minimum Gasteiger partial charge on any atom is -0.497 e. The van der Waals surface area contributed by atoms with Crippen LogP contribution < -0.4 is 4.74 Å². The van der Waals surface area contributed by atoms with Gasteiger partial charge in [-0.15, -0.1) is 0 Å². The first-order chi connectivity index (χ1) is 10.8. The Kier molecular flexibility index (Phi) is 4.59. The van der Waals surface area contributed by atoms with Crippen molar-refractivity contribution >= 4 is 22.7 Å². The highest BCUT2D eigenvalue weighted by atomic mass is 32.2. The SMILES string of the molecule is COc1ccc2nc(SCCc3ccccc3)nc(C)c2c1. The Balaban J connectivity index is 1.74. The Hall–Kier alpha value is -2.07. The number of methoxy groups -OCH3 is 1. The molecule has 0 spiro atoms. The molecule has 0 atom stereocenters. The first-order valence-electron chi connectivity index (χ1n) is 7.25. The highest BCUT2D eigenvalue weighted by molar-refractivity contribution is 7.99. The predicted octanol–water partition coefficient (Wildman–Crippen LogP) is 4.28. The summed E-state index contributed by atoms with van der Waals surface area (Å²) in [6.07, 6.45) is 1.02. The lowest BCUT2D eigenvalue weighted by Gasteiger charge is -2.07. The summed E-state index contributed by atoms with van der Waals surface area (Å²) in [4.78, 5) is 9.24. The summed E-state index contributed by atoms with van der Waals surface area (Å²) in [5, 5.41) is 1.89. The van der Waals surface area contributed by atoms with E-state index in [0.29, 0.717) is 0 Å². The van der Waals surface area contributed by atoms with Crippen molar-refractivity contribution in [3.63, 3.8) is 0 Å². The number of aryl methyl sites for hydroxylation is 2. The van der Waals surface area contributed by atoms with Crippen LogP contribution in [0.4, 0.5) is 0 Å². The first-order valence-corrected chi connectivity index (χ1v) is 8.24. The number of aromatic nitrogens is 2. The zero-order chi connectivity index (χ0) is 15.4. The number of fused-ring (bicyclic) bond motifs is 1. The fraction of sp³-hybridized carbons (Fsp3) is 0.222. The summed E-state index contributed by atoms with van der Waals surface area (Å²) in [6, 6.07) is 16.4. The Morgan fingerprint density at radius 1 is 1.05 bits per heavy atom. The van der Waals surface area contributed by atoms with Gasteiger partial charge in [-0.25, -0.2) is 9.97 Å². The van der Waals surface area contributed by atoms with Crippen LogP contribution in [0.15, 0.2) is 53.7 Å². The lowest BCUT2D eigenvalue weighted by Crippen LogP contribution is -1.95. The molecule has 0 aliphatic rings. The molecule has 3 nitrogen and oxygen atoms in total. The van der Waals surface area contributed by atoms with Gasteiger partial charge in [0, 0.05) is 16.8 Å². The third-order valence-corrected chi connectivity index (χ3v) is 4.39. The molecule has 0 amide bonds. The normalized spacial score (nSPS) is 10.8. The van der Waals surface area contributed by atoms with Crippen molar-refractivity contribution in [2.75, 3.05) is 12.9 Å². The third-order valence-electron chi connectivity index (χ3n) is 3.54. The average molecular weight is 310 g/mol. The molecule has 0 saturated carbocycles. The quantitative estimate of drug-likeness (QED) is 0.520. The van der Waals surface area contributed by atoms with Gasteiger partial charge < -0.3 is 4.74 Å². The summed E-state index contributed by atoms with van der Waals surface area (Å²) in [5.74, 6) is 1.81. The molecule has 3 aromatic rings. The summed E-state index contributed by atoms with van der Waals surface area (Å²) in [6.45, 7) is 2.02. The first kappa shape index (κ1) is 14.9. The smallest absolute Gasteiger partial charge is 0.188 e. The topological polar surface area (TPSA) is 35.0 Å². The van der Waals surface area contributed by atoms with Gasteiger partial charge in [0.1, 0.15) is 5.75 Å².